The predicted octanol–water partition coefficient (Wildman–Crippen LogP) is 0.560. The average molecular weight is 375 g/mol. The Kier molecular flexibility index (Phi) is 4.55. The molecule has 26 heavy (non-hydrogen) atoms. The molecule has 0 bridgehead atoms. The number of esters is 1. The van der Waals surface area contributed by atoms with E-state index < -0.39 is 27.9 Å². The van der Waals surface area contributed by atoms with Crippen molar-refractivity contribution in [3.8, 4) is 0 Å². The number of methoxy groups -OCH3 is 1. The van der Waals surface area contributed by atoms with Gasteiger partial charge in [0.15, 0.2) is 0 Å². The molecule has 0 spiro atoms. The third kappa shape index (κ3) is 2.68. The molecule has 136 valence electrons. The largest absolute Gasteiger partial charge is 0.489 e. The van der Waals surface area contributed by atoms with Gasteiger partial charge < -0.3 is 14.8 Å². The monoisotopic (exact) mass is 375 g/mol. The van der Waals surface area contributed by atoms with Crippen molar-refractivity contribution in [3.63, 3.8) is 0 Å². The predicted molar refractivity (Wildman–Crippen MR) is 98.7 cm³/mol. The molecular weight excluding hydrogens is 357 g/mol. The van der Waals surface area contributed by atoms with Crippen LogP contribution < -0.4 is 5.46 Å². The summed E-state index contributed by atoms with van der Waals surface area (Å²) in [6.45, 7) is 1.59. The number of benzene rings is 1. The number of fused-ring (bicyclic) bond motifs is 1. The third-order valence-electron chi connectivity index (χ3n) is 4.60. The summed E-state index contributed by atoms with van der Waals surface area (Å²) in [7, 11) is -4.56. The minimum Gasteiger partial charge on any atom is -0.465 e. The molecule has 0 saturated heterocycles. The summed E-state index contributed by atoms with van der Waals surface area (Å²) in [6.07, 6.45) is 8.38. The second-order valence-electron chi connectivity index (χ2n) is 6.25. The molecule has 1 aliphatic carbocycles. The van der Waals surface area contributed by atoms with Crippen LogP contribution in [0, 0.1) is 0 Å². The molecular formula is C17H18BNO6S. The van der Waals surface area contributed by atoms with Crippen molar-refractivity contribution < 1.29 is 28.0 Å². The fourth-order valence-electron chi connectivity index (χ4n) is 3.08. The summed E-state index contributed by atoms with van der Waals surface area (Å²) in [4.78, 5) is 12.2. The van der Waals surface area contributed by atoms with Crippen molar-refractivity contribution in [3.05, 3.63) is 54.3 Å². The third-order valence-corrected chi connectivity index (χ3v) is 6.90. The van der Waals surface area contributed by atoms with Gasteiger partial charge in [0, 0.05) is 11.6 Å². The van der Waals surface area contributed by atoms with Crippen molar-refractivity contribution in [2.75, 3.05) is 7.11 Å². The van der Waals surface area contributed by atoms with Gasteiger partial charge in [-0.25, -0.2) is 17.2 Å². The molecule has 2 aromatic rings. The molecule has 0 fully saturated rings. The summed E-state index contributed by atoms with van der Waals surface area (Å²) in [5.74, 6) is -0.714. The number of ether oxygens (including phenoxy) is 1. The molecule has 2 N–H and O–H groups in total. The Hall–Kier alpha value is -2.36. The zero-order valence-corrected chi connectivity index (χ0v) is 15.1. The average Bonchev–Trinajstić information content (AvgIpc) is 3.06. The van der Waals surface area contributed by atoms with Gasteiger partial charge in [0.05, 0.1) is 18.2 Å². The summed E-state index contributed by atoms with van der Waals surface area (Å²) in [5.41, 5.74) is 0.192. The van der Waals surface area contributed by atoms with Gasteiger partial charge in [-0.2, -0.15) is 0 Å². The summed E-state index contributed by atoms with van der Waals surface area (Å²) in [5, 5.41) is 19.4. The maximum atomic E-state index is 13.3. The van der Waals surface area contributed by atoms with Crippen LogP contribution in [0.25, 0.3) is 10.9 Å². The highest BCUT2D eigenvalue weighted by molar-refractivity contribution is 7.91. The van der Waals surface area contributed by atoms with E-state index in [0.29, 0.717) is 0 Å². The summed E-state index contributed by atoms with van der Waals surface area (Å²) >= 11 is 0. The number of nitrogens with zero attached hydrogens (tertiary/aromatic N) is 1. The Balaban J connectivity index is 2.34. The van der Waals surface area contributed by atoms with Crippen molar-refractivity contribution >= 4 is 39.5 Å². The number of hydrogen-bond donors (Lipinski definition) is 2. The van der Waals surface area contributed by atoms with Crippen LogP contribution in [0.5, 0.6) is 0 Å². The lowest BCUT2D eigenvalue weighted by atomic mass is 9.77. The van der Waals surface area contributed by atoms with Gasteiger partial charge in [-0.05, 0) is 30.9 Å². The Morgan fingerprint density at radius 1 is 1.27 bits per heavy atom. The van der Waals surface area contributed by atoms with Gasteiger partial charge in [0.25, 0.3) is 0 Å². The van der Waals surface area contributed by atoms with Gasteiger partial charge in [-0.1, -0.05) is 30.4 Å². The van der Waals surface area contributed by atoms with E-state index in [1.165, 1.54) is 31.5 Å². The Labute approximate surface area is 151 Å². The Morgan fingerprint density at radius 2 is 2.00 bits per heavy atom. The van der Waals surface area contributed by atoms with Crippen LogP contribution in [0.1, 0.15) is 23.7 Å². The SMILES string of the molecule is COC(=O)c1ccc(B(O)O)c2ccn(S(=O)(=O)C3(C)C=CC=CC3)c12. The standard InChI is InChI=1S/C17H18BNO6S/c1-17(9-4-3-5-10-17)26(23,24)19-11-8-12-14(18(21)22)7-6-13(15(12)19)16(20)25-2/h3-9,11,21-22H,10H2,1-2H3. The summed E-state index contributed by atoms with van der Waals surface area (Å²) in [6, 6.07) is 4.13. The molecule has 0 radical (unpaired) electrons. The van der Waals surface area contributed by atoms with E-state index in [2.05, 4.69) is 0 Å². The van der Waals surface area contributed by atoms with Crippen molar-refractivity contribution in [2.45, 2.75) is 18.1 Å². The second-order valence-corrected chi connectivity index (χ2v) is 8.53. The van der Waals surface area contributed by atoms with Crippen LogP contribution >= 0.6 is 0 Å². The number of carbonyl (C=O) groups excluding carboxylic acids is 1. The maximum absolute atomic E-state index is 13.3. The van der Waals surface area contributed by atoms with Crippen LogP contribution in [0.2, 0.25) is 0 Å². The molecule has 1 heterocycles. The highest BCUT2D eigenvalue weighted by Gasteiger charge is 2.39. The number of carbonyl (C=O) groups is 1. The van der Waals surface area contributed by atoms with E-state index in [9.17, 15) is 23.3 Å². The number of allylic oxidation sites excluding steroid dienone is 3. The van der Waals surface area contributed by atoms with E-state index in [-0.39, 0.29) is 28.4 Å². The van der Waals surface area contributed by atoms with Gasteiger partial charge in [-0.15, -0.1) is 0 Å². The first kappa shape index (κ1) is 18.4. The fourth-order valence-corrected chi connectivity index (χ4v) is 4.74. The van der Waals surface area contributed by atoms with E-state index in [0.717, 1.165) is 3.97 Å². The van der Waals surface area contributed by atoms with Gasteiger partial charge in [0.2, 0.25) is 10.0 Å². The zero-order valence-electron chi connectivity index (χ0n) is 14.3. The molecule has 1 atom stereocenters. The van der Waals surface area contributed by atoms with Crippen molar-refractivity contribution in [1.82, 2.24) is 3.97 Å². The first-order chi connectivity index (χ1) is 12.2. The highest BCUT2D eigenvalue weighted by Crippen LogP contribution is 2.32. The molecule has 9 heteroatoms. The van der Waals surface area contributed by atoms with Crippen LogP contribution in [0.3, 0.4) is 0 Å². The molecule has 1 aliphatic rings. The lowest BCUT2D eigenvalue weighted by Gasteiger charge is -2.27. The fraction of sp³-hybridized carbons (Fsp3) is 0.235. The second kappa shape index (κ2) is 6.42. The van der Waals surface area contributed by atoms with Gasteiger partial charge in [0.1, 0.15) is 4.75 Å². The Morgan fingerprint density at radius 3 is 2.58 bits per heavy atom. The molecule has 0 amide bonds. The van der Waals surface area contributed by atoms with Crippen LogP contribution in [0.15, 0.2) is 48.7 Å². The number of hydrogen-bond acceptors (Lipinski definition) is 6. The van der Waals surface area contributed by atoms with Gasteiger partial charge in [-0.3, -0.25) is 0 Å². The lowest BCUT2D eigenvalue weighted by Crippen LogP contribution is -2.38. The molecule has 0 aliphatic heterocycles. The number of rotatable bonds is 4. The molecule has 1 unspecified atom stereocenters. The normalized spacial score (nSPS) is 19.7. The van der Waals surface area contributed by atoms with E-state index in [1.807, 2.05) is 0 Å². The minimum absolute atomic E-state index is 0.0272. The first-order valence-electron chi connectivity index (χ1n) is 7.91. The quantitative estimate of drug-likeness (QED) is 0.598. The maximum Gasteiger partial charge on any atom is 0.489 e. The molecule has 1 aromatic heterocycles. The molecule has 7 nitrogen and oxygen atoms in total. The van der Waals surface area contributed by atoms with E-state index >= 15 is 0 Å². The molecule has 3 rings (SSSR count). The van der Waals surface area contributed by atoms with Crippen molar-refractivity contribution in [1.29, 1.82) is 0 Å². The molecule has 1 aromatic carbocycles. The van der Waals surface area contributed by atoms with Gasteiger partial charge >= 0.3 is 13.1 Å². The first-order valence-corrected chi connectivity index (χ1v) is 9.35. The topological polar surface area (TPSA) is 106 Å². The zero-order chi connectivity index (χ0) is 19.1. The summed E-state index contributed by atoms with van der Waals surface area (Å²) < 4.78 is 31.2. The minimum atomic E-state index is -3.94. The van der Waals surface area contributed by atoms with Crippen LogP contribution in [0.4, 0.5) is 0 Å². The smallest absolute Gasteiger partial charge is 0.465 e. The van der Waals surface area contributed by atoms with Crippen LogP contribution in [-0.2, 0) is 14.8 Å². The van der Waals surface area contributed by atoms with E-state index in [1.54, 1.807) is 31.2 Å². The Bertz CT molecular complexity index is 1040. The highest BCUT2D eigenvalue weighted by atomic mass is 32.2. The lowest BCUT2D eigenvalue weighted by molar-refractivity contribution is 0.0602. The van der Waals surface area contributed by atoms with Crippen molar-refractivity contribution in [2.24, 2.45) is 0 Å². The van der Waals surface area contributed by atoms with E-state index in [4.69, 9.17) is 4.74 Å². The number of aromatic nitrogens is 1. The molecule has 0 saturated carbocycles. The van der Waals surface area contributed by atoms with Crippen LogP contribution in [-0.4, -0.2) is 47.4 Å².